The number of hydrogen-bond acceptors (Lipinski definition) is 4. The molecule has 1 aliphatic rings. The fourth-order valence-corrected chi connectivity index (χ4v) is 2.49. The molecule has 0 heterocycles. The van der Waals surface area contributed by atoms with Gasteiger partial charge in [0, 0.05) is 19.6 Å². The minimum Gasteiger partial charge on any atom is -0.395 e. The highest BCUT2D eigenvalue weighted by Gasteiger charge is 2.23. The Hall–Kier alpha value is -0.160. The molecule has 1 saturated carbocycles. The van der Waals surface area contributed by atoms with Crippen molar-refractivity contribution < 1.29 is 15.3 Å². The van der Waals surface area contributed by atoms with Crippen molar-refractivity contribution in [3.8, 4) is 0 Å². The third-order valence-electron chi connectivity index (χ3n) is 3.44. The van der Waals surface area contributed by atoms with E-state index in [1.807, 2.05) is 4.90 Å². The van der Waals surface area contributed by atoms with Gasteiger partial charge in [0.25, 0.3) is 0 Å². The molecule has 2 unspecified atom stereocenters. The minimum absolute atomic E-state index is 0.114. The van der Waals surface area contributed by atoms with Gasteiger partial charge in [-0.3, -0.25) is 4.90 Å². The number of hydrogen-bond donors (Lipinski definition) is 3. The van der Waals surface area contributed by atoms with Crippen molar-refractivity contribution in [2.75, 3.05) is 32.8 Å². The van der Waals surface area contributed by atoms with Crippen LogP contribution in [-0.4, -0.2) is 59.2 Å². The first-order valence-electron chi connectivity index (χ1n) is 6.40. The molecule has 0 amide bonds. The highest BCUT2D eigenvalue weighted by molar-refractivity contribution is 4.76. The maximum absolute atomic E-state index is 9.98. The van der Waals surface area contributed by atoms with Crippen LogP contribution in [0.4, 0.5) is 0 Å². The lowest BCUT2D eigenvalue weighted by Crippen LogP contribution is -2.38. The van der Waals surface area contributed by atoms with E-state index in [1.165, 1.54) is 12.8 Å². The highest BCUT2D eigenvalue weighted by atomic mass is 16.3. The van der Waals surface area contributed by atoms with Crippen LogP contribution in [0.3, 0.4) is 0 Å². The maximum atomic E-state index is 9.98. The second kappa shape index (κ2) is 8.01. The molecular weight excluding hydrogens is 206 g/mol. The van der Waals surface area contributed by atoms with E-state index < -0.39 is 0 Å². The van der Waals surface area contributed by atoms with E-state index in [0.29, 0.717) is 19.0 Å². The zero-order valence-corrected chi connectivity index (χ0v) is 10.0. The van der Waals surface area contributed by atoms with Gasteiger partial charge >= 0.3 is 0 Å². The minimum atomic E-state index is -0.206. The molecule has 3 N–H and O–H groups in total. The SMILES string of the molecule is OCCN(CCO)CC1CCCCCC1O. The Labute approximate surface area is 97.9 Å². The number of aliphatic hydroxyl groups is 3. The molecule has 1 rings (SSSR count). The normalized spacial score (nSPS) is 27.0. The number of rotatable bonds is 6. The summed E-state index contributed by atoms with van der Waals surface area (Å²) in [7, 11) is 0. The predicted molar refractivity (Wildman–Crippen MR) is 63.2 cm³/mol. The molecule has 4 heteroatoms. The molecule has 0 saturated heterocycles. The summed E-state index contributed by atoms with van der Waals surface area (Å²) < 4.78 is 0. The summed E-state index contributed by atoms with van der Waals surface area (Å²) >= 11 is 0. The molecule has 0 spiro atoms. The van der Waals surface area contributed by atoms with Crippen molar-refractivity contribution >= 4 is 0 Å². The van der Waals surface area contributed by atoms with Crippen molar-refractivity contribution in [1.29, 1.82) is 0 Å². The van der Waals surface area contributed by atoms with Gasteiger partial charge in [0.1, 0.15) is 0 Å². The second-order valence-electron chi connectivity index (χ2n) is 4.71. The monoisotopic (exact) mass is 231 g/mol. The smallest absolute Gasteiger partial charge is 0.0580 e. The lowest BCUT2D eigenvalue weighted by atomic mass is 9.96. The van der Waals surface area contributed by atoms with Crippen LogP contribution < -0.4 is 0 Å². The van der Waals surface area contributed by atoms with Crippen LogP contribution >= 0.6 is 0 Å². The summed E-state index contributed by atoms with van der Waals surface area (Å²) in [5.41, 5.74) is 0. The van der Waals surface area contributed by atoms with Gasteiger partial charge in [0.2, 0.25) is 0 Å². The van der Waals surface area contributed by atoms with Crippen molar-refractivity contribution in [2.45, 2.75) is 38.2 Å². The van der Waals surface area contributed by atoms with Crippen LogP contribution in [0.5, 0.6) is 0 Å². The molecule has 0 aromatic carbocycles. The fraction of sp³-hybridized carbons (Fsp3) is 1.00. The summed E-state index contributed by atoms with van der Waals surface area (Å²) in [6, 6.07) is 0. The molecule has 1 fully saturated rings. The van der Waals surface area contributed by atoms with Crippen molar-refractivity contribution in [3.05, 3.63) is 0 Å². The van der Waals surface area contributed by atoms with E-state index in [0.717, 1.165) is 25.8 Å². The van der Waals surface area contributed by atoms with Crippen molar-refractivity contribution in [1.82, 2.24) is 4.90 Å². The molecular formula is C12H25NO3. The Kier molecular flexibility index (Phi) is 6.96. The first kappa shape index (κ1) is 13.9. The Bertz CT molecular complexity index is 172. The molecule has 0 aliphatic heterocycles. The molecule has 1 aliphatic carbocycles. The summed E-state index contributed by atoms with van der Waals surface area (Å²) in [5, 5.41) is 27.8. The lowest BCUT2D eigenvalue weighted by molar-refractivity contribution is 0.0620. The first-order valence-corrected chi connectivity index (χ1v) is 6.40. The summed E-state index contributed by atoms with van der Waals surface area (Å²) in [4.78, 5) is 2.04. The van der Waals surface area contributed by atoms with E-state index in [1.54, 1.807) is 0 Å². The molecule has 0 bridgehead atoms. The standard InChI is InChI=1S/C12H25NO3/c14-8-6-13(7-9-15)10-11-4-2-1-3-5-12(11)16/h11-12,14-16H,1-10H2. The zero-order valence-electron chi connectivity index (χ0n) is 10.0. The first-order chi connectivity index (χ1) is 7.77. The van der Waals surface area contributed by atoms with Gasteiger partial charge in [-0.2, -0.15) is 0 Å². The zero-order chi connectivity index (χ0) is 11.8. The van der Waals surface area contributed by atoms with Gasteiger partial charge in [-0.15, -0.1) is 0 Å². The van der Waals surface area contributed by atoms with E-state index in [9.17, 15) is 5.11 Å². The molecule has 0 aromatic heterocycles. The molecule has 4 nitrogen and oxygen atoms in total. The highest BCUT2D eigenvalue weighted by Crippen LogP contribution is 2.24. The Morgan fingerprint density at radius 3 is 2.19 bits per heavy atom. The number of nitrogens with zero attached hydrogens (tertiary/aromatic N) is 1. The average Bonchev–Trinajstić information content (AvgIpc) is 2.45. The van der Waals surface area contributed by atoms with Gasteiger partial charge in [-0.1, -0.05) is 19.3 Å². The van der Waals surface area contributed by atoms with Crippen LogP contribution in [-0.2, 0) is 0 Å². The van der Waals surface area contributed by atoms with E-state index in [2.05, 4.69) is 0 Å². The molecule has 2 atom stereocenters. The van der Waals surface area contributed by atoms with Gasteiger partial charge in [-0.05, 0) is 18.8 Å². The topological polar surface area (TPSA) is 63.9 Å². The largest absolute Gasteiger partial charge is 0.395 e. The third kappa shape index (κ3) is 4.78. The Balaban J connectivity index is 2.40. The average molecular weight is 231 g/mol. The summed E-state index contributed by atoms with van der Waals surface area (Å²) in [6.45, 7) is 2.20. The van der Waals surface area contributed by atoms with Gasteiger partial charge < -0.3 is 15.3 Å². The van der Waals surface area contributed by atoms with Gasteiger partial charge in [0.15, 0.2) is 0 Å². The second-order valence-corrected chi connectivity index (χ2v) is 4.71. The van der Waals surface area contributed by atoms with Crippen LogP contribution in [0, 0.1) is 5.92 Å². The Morgan fingerprint density at radius 2 is 1.56 bits per heavy atom. The van der Waals surface area contributed by atoms with E-state index in [-0.39, 0.29) is 19.3 Å². The van der Waals surface area contributed by atoms with Crippen LogP contribution in [0.1, 0.15) is 32.1 Å². The lowest BCUT2D eigenvalue weighted by Gasteiger charge is -2.28. The number of aliphatic hydroxyl groups excluding tert-OH is 3. The van der Waals surface area contributed by atoms with Crippen molar-refractivity contribution in [3.63, 3.8) is 0 Å². The van der Waals surface area contributed by atoms with Crippen LogP contribution in [0.15, 0.2) is 0 Å². The van der Waals surface area contributed by atoms with E-state index >= 15 is 0 Å². The van der Waals surface area contributed by atoms with Crippen LogP contribution in [0.25, 0.3) is 0 Å². The van der Waals surface area contributed by atoms with Gasteiger partial charge in [0.05, 0.1) is 19.3 Å². The molecule has 16 heavy (non-hydrogen) atoms. The molecule has 0 radical (unpaired) electrons. The Morgan fingerprint density at radius 1 is 0.938 bits per heavy atom. The third-order valence-corrected chi connectivity index (χ3v) is 3.44. The quantitative estimate of drug-likeness (QED) is 0.572. The summed E-state index contributed by atoms with van der Waals surface area (Å²) in [5.74, 6) is 0.306. The molecule has 0 aromatic rings. The van der Waals surface area contributed by atoms with Gasteiger partial charge in [-0.25, -0.2) is 0 Å². The molecule has 96 valence electrons. The fourth-order valence-electron chi connectivity index (χ4n) is 2.49. The summed E-state index contributed by atoms with van der Waals surface area (Å²) in [6.07, 6.45) is 5.28. The van der Waals surface area contributed by atoms with E-state index in [4.69, 9.17) is 10.2 Å². The van der Waals surface area contributed by atoms with Crippen LogP contribution in [0.2, 0.25) is 0 Å². The maximum Gasteiger partial charge on any atom is 0.0580 e. The van der Waals surface area contributed by atoms with Crippen molar-refractivity contribution in [2.24, 2.45) is 5.92 Å². The predicted octanol–water partition coefficient (Wildman–Crippen LogP) is 0.214.